The van der Waals surface area contributed by atoms with Crippen molar-refractivity contribution in [2.75, 3.05) is 19.7 Å². The summed E-state index contributed by atoms with van der Waals surface area (Å²) in [5.41, 5.74) is 0.926. The molecule has 0 unspecified atom stereocenters. The number of nitrogens with one attached hydrogen (secondary N) is 1. The molecule has 0 spiro atoms. The Morgan fingerprint density at radius 2 is 2.06 bits per heavy atom. The van der Waals surface area contributed by atoms with Gasteiger partial charge in [-0.05, 0) is 55.5 Å². The fourth-order valence-electron chi connectivity index (χ4n) is 2.43. The zero-order valence-corrected chi connectivity index (χ0v) is 9.38. The SMILES string of the molecule is OCC1(Cc2cccc(F)c2)CCNCC1. The minimum Gasteiger partial charge on any atom is -0.396 e. The third-order valence-corrected chi connectivity index (χ3v) is 3.47. The van der Waals surface area contributed by atoms with Gasteiger partial charge in [0.25, 0.3) is 0 Å². The van der Waals surface area contributed by atoms with Gasteiger partial charge in [-0.15, -0.1) is 0 Å². The molecule has 0 aromatic heterocycles. The van der Waals surface area contributed by atoms with Crippen LogP contribution in [-0.2, 0) is 6.42 Å². The minimum atomic E-state index is -0.195. The van der Waals surface area contributed by atoms with E-state index < -0.39 is 0 Å². The molecule has 1 aromatic carbocycles. The van der Waals surface area contributed by atoms with Gasteiger partial charge in [-0.25, -0.2) is 4.39 Å². The molecular weight excluding hydrogens is 205 g/mol. The first-order valence-corrected chi connectivity index (χ1v) is 5.80. The van der Waals surface area contributed by atoms with Crippen LogP contribution in [0.2, 0.25) is 0 Å². The van der Waals surface area contributed by atoms with Gasteiger partial charge in [0.15, 0.2) is 0 Å². The summed E-state index contributed by atoms with van der Waals surface area (Å²) in [4.78, 5) is 0. The maximum atomic E-state index is 13.1. The van der Waals surface area contributed by atoms with Crippen molar-refractivity contribution in [2.45, 2.75) is 19.3 Å². The second-order valence-corrected chi connectivity index (χ2v) is 4.71. The molecule has 16 heavy (non-hydrogen) atoms. The molecule has 0 amide bonds. The van der Waals surface area contributed by atoms with E-state index in [-0.39, 0.29) is 17.8 Å². The molecule has 0 radical (unpaired) electrons. The Labute approximate surface area is 95.5 Å². The predicted molar refractivity (Wildman–Crippen MR) is 61.7 cm³/mol. The predicted octanol–water partition coefficient (Wildman–Crippen LogP) is 1.73. The van der Waals surface area contributed by atoms with Gasteiger partial charge in [-0.1, -0.05) is 12.1 Å². The molecule has 0 saturated carbocycles. The molecule has 1 aromatic rings. The number of hydrogen-bond acceptors (Lipinski definition) is 2. The average Bonchev–Trinajstić information content (AvgIpc) is 2.30. The molecule has 0 aliphatic carbocycles. The summed E-state index contributed by atoms with van der Waals surface area (Å²) in [7, 11) is 0. The topological polar surface area (TPSA) is 32.3 Å². The van der Waals surface area contributed by atoms with Gasteiger partial charge >= 0.3 is 0 Å². The van der Waals surface area contributed by atoms with Crippen molar-refractivity contribution in [2.24, 2.45) is 5.41 Å². The molecule has 88 valence electrons. The van der Waals surface area contributed by atoms with Crippen molar-refractivity contribution in [3.05, 3.63) is 35.6 Å². The van der Waals surface area contributed by atoms with Gasteiger partial charge in [-0.3, -0.25) is 0 Å². The van der Waals surface area contributed by atoms with Crippen LogP contribution in [0.25, 0.3) is 0 Å². The van der Waals surface area contributed by atoms with Gasteiger partial charge in [0, 0.05) is 6.61 Å². The molecule has 0 bridgehead atoms. The number of benzene rings is 1. The third-order valence-electron chi connectivity index (χ3n) is 3.47. The van der Waals surface area contributed by atoms with E-state index >= 15 is 0 Å². The van der Waals surface area contributed by atoms with Crippen LogP contribution in [0, 0.1) is 11.2 Å². The Bertz CT molecular complexity index is 348. The number of rotatable bonds is 3. The first-order chi connectivity index (χ1) is 7.74. The Hall–Kier alpha value is -0.930. The Morgan fingerprint density at radius 1 is 1.31 bits per heavy atom. The molecule has 0 atom stereocenters. The van der Waals surface area contributed by atoms with Gasteiger partial charge in [0.05, 0.1) is 0 Å². The first-order valence-electron chi connectivity index (χ1n) is 5.80. The summed E-state index contributed by atoms with van der Waals surface area (Å²) < 4.78 is 13.1. The van der Waals surface area contributed by atoms with Crippen LogP contribution >= 0.6 is 0 Å². The molecule has 3 heteroatoms. The second-order valence-electron chi connectivity index (χ2n) is 4.71. The van der Waals surface area contributed by atoms with Crippen molar-refractivity contribution in [3.8, 4) is 0 Å². The second kappa shape index (κ2) is 4.93. The smallest absolute Gasteiger partial charge is 0.123 e. The van der Waals surface area contributed by atoms with Gasteiger partial charge in [0.2, 0.25) is 0 Å². The Morgan fingerprint density at radius 3 is 2.69 bits per heavy atom. The molecule has 1 fully saturated rings. The van der Waals surface area contributed by atoms with Gasteiger partial charge in [0.1, 0.15) is 5.82 Å². The molecule has 1 saturated heterocycles. The maximum Gasteiger partial charge on any atom is 0.123 e. The molecular formula is C13H18FNO. The van der Waals surface area contributed by atoms with Gasteiger partial charge < -0.3 is 10.4 Å². The number of aliphatic hydroxyl groups excluding tert-OH is 1. The Balaban J connectivity index is 2.11. The van der Waals surface area contributed by atoms with E-state index in [4.69, 9.17) is 0 Å². The highest BCUT2D eigenvalue weighted by molar-refractivity contribution is 5.18. The minimum absolute atomic E-state index is 0.0565. The highest BCUT2D eigenvalue weighted by Gasteiger charge is 2.31. The molecule has 2 nitrogen and oxygen atoms in total. The number of halogens is 1. The number of aliphatic hydroxyl groups is 1. The zero-order valence-electron chi connectivity index (χ0n) is 9.38. The molecule has 2 rings (SSSR count). The largest absolute Gasteiger partial charge is 0.396 e. The maximum absolute atomic E-state index is 13.1. The molecule has 2 N–H and O–H groups in total. The lowest BCUT2D eigenvalue weighted by atomic mass is 9.75. The van der Waals surface area contributed by atoms with Crippen LogP contribution in [0.4, 0.5) is 4.39 Å². The zero-order chi connectivity index (χ0) is 11.4. The van der Waals surface area contributed by atoms with Crippen LogP contribution in [0.1, 0.15) is 18.4 Å². The van der Waals surface area contributed by atoms with Crippen LogP contribution in [0.3, 0.4) is 0 Å². The van der Waals surface area contributed by atoms with E-state index in [2.05, 4.69) is 5.32 Å². The third kappa shape index (κ3) is 2.60. The van der Waals surface area contributed by atoms with E-state index in [1.165, 1.54) is 6.07 Å². The highest BCUT2D eigenvalue weighted by Crippen LogP contribution is 2.32. The lowest BCUT2D eigenvalue weighted by Crippen LogP contribution is -2.40. The van der Waals surface area contributed by atoms with E-state index in [0.29, 0.717) is 0 Å². The lowest BCUT2D eigenvalue weighted by molar-refractivity contribution is 0.0892. The van der Waals surface area contributed by atoms with Crippen molar-refractivity contribution in [3.63, 3.8) is 0 Å². The number of piperidine rings is 1. The van der Waals surface area contributed by atoms with Crippen molar-refractivity contribution in [1.29, 1.82) is 0 Å². The quantitative estimate of drug-likeness (QED) is 0.818. The first kappa shape index (κ1) is 11.6. The summed E-state index contributed by atoms with van der Waals surface area (Å²) in [6.45, 7) is 2.07. The van der Waals surface area contributed by atoms with E-state index in [9.17, 15) is 9.50 Å². The van der Waals surface area contributed by atoms with Crippen molar-refractivity contribution >= 4 is 0 Å². The standard InChI is InChI=1S/C13H18FNO/c14-12-3-1-2-11(8-12)9-13(10-16)4-6-15-7-5-13/h1-3,8,15-16H,4-7,9-10H2. The monoisotopic (exact) mass is 223 g/mol. The summed E-state index contributed by atoms with van der Waals surface area (Å²) in [5.74, 6) is -0.195. The average molecular weight is 223 g/mol. The van der Waals surface area contributed by atoms with Crippen molar-refractivity contribution in [1.82, 2.24) is 5.32 Å². The summed E-state index contributed by atoms with van der Waals surface area (Å²) in [6, 6.07) is 6.69. The van der Waals surface area contributed by atoms with E-state index in [1.807, 2.05) is 6.07 Å². The van der Waals surface area contributed by atoms with E-state index in [1.54, 1.807) is 12.1 Å². The van der Waals surface area contributed by atoms with Crippen LogP contribution in [-0.4, -0.2) is 24.8 Å². The normalized spacial score (nSPS) is 19.6. The molecule has 1 aliphatic heterocycles. The van der Waals surface area contributed by atoms with Crippen LogP contribution < -0.4 is 5.32 Å². The lowest BCUT2D eigenvalue weighted by Gasteiger charge is -2.36. The van der Waals surface area contributed by atoms with E-state index in [0.717, 1.165) is 37.9 Å². The summed E-state index contributed by atoms with van der Waals surface area (Å²) in [6.07, 6.45) is 2.68. The Kier molecular flexibility index (Phi) is 3.56. The van der Waals surface area contributed by atoms with Crippen molar-refractivity contribution < 1.29 is 9.50 Å². The summed E-state index contributed by atoms with van der Waals surface area (Å²) >= 11 is 0. The van der Waals surface area contributed by atoms with Gasteiger partial charge in [-0.2, -0.15) is 0 Å². The fraction of sp³-hybridized carbons (Fsp3) is 0.538. The fourth-order valence-corrected chi connectivity index (χ4v) is 2.43. The number of hydrogen-bond donors (Lipinski definition) is 2. The van der Waals surface area contributed by atoms with Crippen LogP contribution in [0.15, 0.2) is 24.3 Å². The molecule has 1 heterocycles. The summed E-state index contributed by atoms with van der Waals surface area (Å²) in [5, 5.41) is 12.8. The van der Waals surface area contributed by atoms with Crippen LogP contribution in [0.5, 0.6) is 0 Å². The highest BCUT2D eigenvalue weighted by atomic mass is 19.1. The molecule has 1 aliphatic rings.